The smallest absolute Gasteiger partial charge is 0.0890 e. The first-order valence-corrected chi connectivity index (χ1v) is 5.39. The lowest BCUT2D eigenvalue weighted by atomic mass is 10.2. The summed E-state index contributed by atoms with van der Waals surface area (Å²) in [6.07, 6.45) is 1.91. The number of aromatic nitrogens is 1. The van der Waals surface area contributed by atoms with Gasteiger partial charge in [0, 0.05) is 17.4 Å². The predicted octanol–water partition coefficient (Wildman–Crippen LogP) is 3.90. The molecule has 0 spiro atoms. The molecule has 2 heteroatoms. The molecular weight excluding hydrogens is 238 g/mol. The van der Waals surface area contributed by atoms with Crippen molar-refractivity contribution in [2.75, 3.05) is 0 Å². The molecule has 0 aliphatic rings. The Hall–Kier alpha value is -1.02. The summed E-state index contributed by atoms with van der Waals surface area (Å²) >= 11 is 3.61. The Morgan fingerprint density at radius 3 is 2.86 bits per heavy atom. The molecule has 2 rings (SSSR count). The summed E-state index contributed by atoms with van der Waals surface area (Å²) in [6, 6.07) is 8.42. The number of aryl methyl sites for hydroxylation is 1. The van der Waals surface area contributed by atoms with Crippen molar-refractivity contribution in [3.8, 4) is 0 Å². The van der Waals surface area contributed by atoms with E-state index in [1.54, 1.807) is 0 Å². The van der Waals surface area contributed by atoms with Crippen molar-refractivity contribution in [3.63, 3.8) is 0 Å². The SMILES string of the molecule is C=CCn1c(Br)c(C)c2ccccc21. The van der Waals surface area contributed by atoms with Gasteiger partial charge >= 0.3 is 0 Å². The van der Waals surface area contributed by atoms with E-state index < -0.39 is 0 Å². The van der Waals surface area contributed by atoms with E-state index in [-0.39, 0.29) is 0 Å². The van der Waals surface area contributed by atoms with Gasteiger partial charge in [-0.05, 0) is 34.5 Å². The summed E-state index contributed by atoms with van der Waals surface area (Å²) in [5.41, 5.74) is 2.55. The molecule has 1 heterocycles. The van der Waals surface area contributed by atoms with Crippen LogP contribution in [-0.2, 0) is 6.54 Å². The first-order valence-electron chi connectivity index (χ1n) is 4.60. The van der Waals surface area contributed by atoms with Gasteiger partial charge in [0.15, 0.2) is 0 Å². The molecule has 72 valence electrons. The van der Waals surface area contributed by atoms with Crippen LogP contribution in [0, 0.1) is 6.92 Å². The fourth-order valence-electron chi connectivity index (χ4n) is 1.75. The largest absolute Gasteiger partial charge is 0.331 e. The van der Waals surface area contributed by atoms with E-state index in [0.717, 1.165) is 11.1 Å². The molecule has 0 N–H and O–H groups in total. The average Bonchev–Trinajstić information content (AvgIpc) is 2.45. The number of allylic oxidation sites excluding steroid dienone is 1. The van der Waals surface area contributed by atoms with E-state index >= 15 is 0 Å². The zero-order valence-electron chi connectivity index (χ0n) is 8.13. The summed E-state index contributed by atoms with van der Waals surface area (Å²) < 4.78 is 3.37. The van der Waals surface area contributed by atoms with Crippen molar-refractivity contribution in [1.29, 1.82) is 0 Å². The molecule has 0 aliphatic carbocycles. The van der Waals surface area contributed by atoms with Gasteiger partial charge in [-0.1, -0.05) is 24.3 Å². The molecule has 0 fully saturated rings. The van der Waals surface area contributed by atoms with Crippen LogP contribution in [0.25, 0.3) is 10.9 Å². The molecule has 0 amide bonds. The molecule has 0 saturated heterocycles. The number of benzene rings is 1. The lowest BCUT2D eigenvalue weighted by Gasteiger charge is -2.02. The number of hydrogen-bond donors (Lipinski definition) is 0. The maximum atomic E-state index is 3.77. The summed E-state index contributed by atoms with van der Waals surface area (Å²) in [6.45, 7) is 6.74. The minimum Gasteiger partial charge on any atom is -0.331 e. The van der Waals surface area contributed by atoms with Crippen LogP contribution in [0.5, 0.6) is 0 Å². The highest BCUT2D eigenvalue weighted by Gasteiger charge is 2.09. The highest BCUT2D eigenvalue weighted by Crippen LogP contribution is 2.29. The molecular formula is C12H12BrN. The molecule has 2 aromatic rings. The van der Waals surface area contributed by atoms with Gasteiger partial charge in [0.2, 0.25) is 0 Å². The van der Waals surface area contributed by atoms with Crippen molar-refractivity contribution >= 4 is 26.8 Å². The van der Waals surface area contributed by atoms with Crippen LogP contribution in [0.1, 0.15) is 5.56 Å². The summed E-state index contributed by atoms with van der Waals surface area (Å²) in [5, 5.41) is 1.31. The number of hydrogen-bond acceptors (Lipinski definition) is 0. The summed E-state index contributed by atoms with van der Waals surface area (Å²) in [5.74, 6) is 0. The molecule has 1 aromatic heterocycles. The quantitative estimate of drug-likeness (QED) is 0.712. The number of fused-ring (bicyclic) bond motifs is 1. The van der Waals surface area contributed by atoms with E-state index in [1.807, 2.05) is 6.08 Å². The van der Waals surface area contributed by atoms with Crippen molar-refractivity contribution in [2.45, 2.75) is 13.5 Å². The molecule has 0 radical (unpaired) electrons. The molecule has 1 aromatic carbocycles. The molecule has 0 unspecified atom stereocenters. The second-order valence-corrected chi connectivity index (χ2v) is 4.08. The highest BCUT2D eigenvalue weighted by molar-refractivity contribution is 9.10. The molecule has 14 heavy (non-hydrogen) atoms. The van der Waals surface area contributed by atoms with Crippen molar-refractivity contribution in [2.24, 2.45) is 0 Å². The van der Waals surface area contributed by atoms with Gasteiger partial charge < -0.3 is 4.57 Å². The Labute approximate surface area is 92.2 Å². The van der Waals surface area contributed by atoms with Crippen LogP contribution in [0.4, 0.5) is 0 Å². The fourth-order valence-corrected chi connectivity index (χ4v) is 2.30. The third-order valence-corrected chi connectivity index (χ3v) is 3.48. The third kappa shape index (κ3) is 1.30. The standard InChI is InChI=1S/C12H12BrN/c1-3-8-14-11-7-5-4-6-10(11)9(2)12(14)13/h3-7H,1,8H2,2H3. The van der Waals surface area contributed by atoms with E-state index in [1.165, 1.54) is 16.5 Å². The molecule has 0 atom stereocenters. The van der Waals surface area contributed by atoms with Gasteiger partial charge in [-0.2, -0.15) is 0 Å². The summed E-state index contributed by atoms with van der Waals surface area (Å²) in [4.78, 5) is 0. The van der Waals surface area contributed by atoms with Gasteiger partial charge in [0.25, 0.3) is 0 Å². The number of para-hydroxylation sites is 1. The Kier molecular flexibility index (Phi) is 2.46. The maximum absolute atomic E-state index is 3.77. The Morgan fingerprint density at radius 1 is 1.43 bits per heavy atom. The molecule has 0 bridgehead atoms. The van der Waals surface area contributed by atoms with Crippen LogP contribution in [0.3, 0.4) is 0 Å². The van der Waals surface area contributed by atoms with Crippen molar-refractivity contribution < 1.29 is 0 Å². The number of rotatable bonds is 2. The van der Waals surface area contributed by atoms with Gasteiger partial charge in [-0.15, -0.1) is 6.58 Å². The fraction of sp³-hybridized carbons (Fsp3) is 0.167. The zero-order valence-corrected chi connectivity index (χ0v) is 9.71. The van der Waals surface area contributed by atoms with Crippen LogP contribution in [0.2, 0.25) is 0 Å². The maximum Gasteiger partial charge on any atom is 0.0890 e. The van der Waals surface area contributed by atoms with Crippen molar-refractivity contribution in [1.82, 2.24) is 4.57 Å². The first kappa shape index (κ1) is 9.53. The van der Waals surface area contributed by atoms with E-state index in [9.17, 15) is 0 Å². The zero-order chi connectivity index (χ0) is 10.1. The van der Waals surface area contributed by atoms with Gasteiger partial charge in [0.1, 0.15) is 0 Å². The van der Waals surface area contributed by atoms with Crippen molar-refractivity contribution in [3.05, 3.63) is 47.1 Å². The topological polar surface area (TPSA) is 4.93 Å². The predicted molar refractivity (Wildman–Crippen MR) is 64.6 cm³/mol. The minimum atomic E-state index is 0.842. The lowest BCUT2D eigenvalue weighted by Crippen LogP contribution is -1.94. The first-order chi connectivity index (χ1) is 6.75. The average molecular weight is 250 g/mol. The Balaban J connectivity index is 2.80. The second-order valence-electron chi connectivity index (χ2n) is 3.33. The van der Waals surface area contributed by atoms with Crippen LogP contribution >= 0.6 is 15.9 Å². The van der Waals surface area contributed by atoms with E-state index in [2.05, 4.69) is 58.3 Å². The Bertz CT molecular complexity index is 482. The third-order valence-electron chi connectivity index (χ3n) is 2.46. The lowest BCUT2D eigenvalue weighted by molar-refractivity contribution is 0.839. The van der Waals surface area contributed by atoms with E-state index in [0.29, 0.717) is 0 Å². The van der Waals surface area contributed by atoms with Crippen LogP contribution in [-0.4, -0.2) is 4.57 Å². The second kappa shape index (κ2) is 3.62. The van der Waals surface area contributed by atoms with Gasteiger partial charge in [-0.3, -0.25) is 0 Å². The van der Waals surface area contributed by atoms with Crippen LogP contribution in [0.15, 0.2) is 41.5 Å². The number of halogens is 1. The minimum absolute atomic E-state index is 0.842. The summed E-state index contributed by atoms with van der Waals surface area (Å²) in [7, 11) is 0. The number of nitrogens with zero attached hydrogens (tertiary/aromatic N) is 1. The molecule has 0 saturated carbocycles. The van der Waals surface area contributed by atoms with Gasteiger partial charge in [0.05, 0.1) is 4.60 Å². The highest BCUT2D eigenvalue weighted by atomic mass is 79.9. The van der Waals surface area contributed by atoms with Crippen LogP contribution < -0.4 is 0 Å². The molecule has 0 aliphatic heterocycles. The molecule has 1 nitrogen and oxygen atoms in total. The van der Waals surface area contributed by atoms with Gasteiger partial charge in [-0.25, -0.2) is 0 Å². The monoisotopic (exact) mass is 249 g/mol. The van der Waals surface area contributed by atoms with E-state index in [4.69, 9.17) is 0 Å². The normalized spacial score (nSPS) is 10.7. The Morgan fingerprint density at radius 2 is 2.14 bits per heavy atom.